The van der Waals surface area contributed by atoms with Crippen LogP contribution in [0.15, 0.2) is 18.5 Å². The maximum Gasteiger partial charge on any atom is 0.316 e. The van der Waals surface area contributed by atoms with Gasteiger partial charge in [0.15, 0.2) is 11.6 Å². The highest BCUT2D eigenvalue weighted by Crippen LogP contribution is 2.42. The first kappa shape index (κ1) is 18.7. The summed E-state index contributed by atoms with van der Waals surface area (Å²) in [5.41, 5.74) is 5.29. The van der Waals surface area contributed by atoms with E-state index in [0.29, 0.717) is 0 Å². The summed E-state index contributed by atoms with van der Waals surface area (Å²) in [6.45, 7) is -1.00. The molecule has 1 saturated heterocycles. The Kier molecular flexibility index (Phi) is 4.96. The zero-order valence-corrected chi connectivity index (χ0v) is 15.0. The second kappa shape index (κ2) is 6.90. The number of carbonyl (C=O) groups is 1. The van der Waals surface area contributed by atoms with Gasteiger partial charge in [0.1, 0.15) is 11.3 Å². The number of anilines is 2. The number of nitrogens with two attached hydrogens (primary N) is 1. The molecule has 1 aromatic heterocycles. The van der Waals surface area contributed by atoms with Gasteiger partial charge in [-0.2, -0.15) is 4.98 Å². The van der Waals surface area contributed by atoms with Gasteiger partial charge in [-0.15, -0.1) is 0 Å². The van der Waals surface area contributed by atoms with Crippen LogP contribution in [-0.2, 0) is 0 Å². The summed E-state index contributed by atoms with van der Waals surface area (Å²) < 4.78 is 31.6. The van der Waals surface area contributed by atoms with E-state index >= 15 is 0 Å². The van der Waals surface area contributed by atoms with Crippen molar-refractivity contribution in [2.45, 2.75) is 5.92 Å². The van der Waals surface area contributed by atoms with Crippen LogP contribution in [-0.4, -0.2) is 35.0 Å². The number of amides is 2. The van der Waals surface area contributed by atoms with E-state index in [1.807, 2.05) is 0 Å². The van der Waals surface area contributed by atoms with Gasteiger partial charge in [-0.05, 0) is 12.1 Å². The van der Waals surface area contributed by atoms with Crippen molar-refractivity contribution in [3.63, 3.8) is 0 Å². The lowest BCUT2D eigenvalue weighted by molar-refractivity contribution is -0.0267. The van der Waals surface area contributed by atoms with Crippen LogP contribution in [0.2, 0.25) is 15.1 Å². The SMILES string of the molecule is NC(=O)Nc1cc(Cl)c(Oc2ncnc(N3CC(F)(F)C3)c2Cl)c(Cl)c1. The maximum atomic E-state index is 13.1. The highest BCUT2D eigenvalue weighted by atomic mass is 35.5. The average Bonchev–Trinajstić information content (AvgIpc) is 2.49. The molecule has 1 aliphatic heterocycles. The molecular weight excluding hydrogens is 415 g/mol. The van der Waals surface area contributed by atoms with Gasteiger partial charge in [-0.3, -0.25) is 0 Å². The molecule has 0 radical (unpaired) electrons. The number of hydrogen-bond acceptors (Lipinski definition) is 5. The molecule has 0 atom stereocenters. The van der Waals surface area contributed by atoms with Gasteiger partial charge < -0.3 is 20.7 Å². The molecule has 0 unspecified atom stereocenters. The third-order valence-electron chi connectivity index (χ3n) is 3.35. The van der Waals surface area contributed by atoms with E-state index < -0.39 is 25.0 Å². The maximum absolute atomic E-state index is 13.1. The minimum absolute atomic E-state index is 0.0174. The minimum atomic E-state index is -2.79. The van der Waals surface area contributed by atoms with E-state index in [1.54, 1.807) is 0 Å². The predicted octanol–water partition coefficient (Wildman–Crippen LogP) is 4.18. The van der Waals surface area contributed by atoms with Crippen molar-refractivity contribution in [1.82, 2.24) is 9.97 Å². The summed E-state index contributed by atoms with van der Waals surface area (Å²) in [4.78, 5) is 20.0. The molecule has 12 heteroatoms. The minimum Gasteiger partial charge on any atom is -0.434 e. The Morgan fingerprint density at radius 2 is 1.85 bits per heavy atom. The lowest BCUT2D eigenvalue weighted by Crippen LogP contribution is -2.56. The molecular formula is C14H10Cl3F2N5O2. The fourth-order valence-electron chi connectivity index (χ4n) is 2.27. The number of aromatic nitrogens is 2. The number of primary amides is 1. The van der Waals surface area contributed by atoms with Crippen molar-refractivity contribution < 1.29 is 18.3 Å². The molecule has 0 saturated carbocycles. The van der Waals surface area contributed by atoms with Crippen LogP contribution >= 0.6 is 34.8 Å². The summed E-state index contributed by atoms with van der Waals surface area (Å²) >= 11 is 18.4. The lowest BCUT2D eigenvalue weighted by atomic mass is 10.1. The van der Waals surface area contributed by atoms with Crippen molar-refractivity contribution in [3.05, 3.63) is 33.5 Å². The topological polar surface area (TPSA) is 93.4 Å². The van der Waals surface area contributed by atoms with Gasteiger partial charge in [0.05, 0.1) is 23.1 Å². The van der Waals surface area contributed by atoms with Gasteiger partial charge >= 0.3 is 6.03 Å². The summed E-state index contributed by atoms with van der Waals surface area (Å²) in [6.07, 6.45) is 1.12. The molecule has 1 aromatic carbocycles. The van der Waals surface area contributed by atoms with E-state index in [-0.39, 0.29) is 38.2 Å². The normalized spacial score (nSPS) is 15.3. The number of nitrogens with zero attached hydrogens (tertiary/aromatic N) is 3. The summed E-state index contributed by atoms with van der Waals surface area (Å²) in [5.74, 6) is -2.76. The Morgan fingerprint density at radius 1 is 1.23 bits per heavy atom. The lowest BCUT2D eigenvalue weighted by Gasteiger charge is -2.39. The molecule has 138 valence electrons. The number of benzene rings is 1. The first-order chi connectivity index (χ1) is 12.2. The van der Waals surface area contributed by atoms with Crippen molar-refractivity contribution >= 4 is 52.3 Å². The van der Waals surface area contributed by atoms with Gasteiger partial charge in [-0.1, -0.05) is 34.8 Å². The number of rotatable bonds is 4. The fourth-order valence-corrected chi connectivity index (χ4v) is 3.09. The number of carbonyl (C=O) groups excluding carboxylic acids is 1. The first-order valence-electron chi connectivity index (χ1n) is 7.03. The molecule has 26 heavy (non-hydrogen) atoms. The standard InChI is InChI=1S/C14H10Cl3F2N5O2/c15-7-1-6(23-13(20)25)2-8(16)10(7)26-12-9(17)11(21-5-22-12)24-3-14(18,19)4-24/h1-2,5H,3-4H2,(H3,20,23,25). The molecule has 3 rings (SSSR count). The smallest absolute Gasteiger partial charge is 0.316 e. The van der Waals surface area contributed by atoms with Crippen LogP contribution in [0.3, 0.4) is 0 Å². The highest BCUT2D eigenvalue weighted by molar-refractivity contribution is 6.38. The molecule has 2 heterocycles. The molecule has 0 aliphatic carbocycles. The fraction of sp³-hybridized carbons (Fsp3) is 0.214. The highest BCUT2D eigenvalue weighted by Gasteiger charge is 2.45. The third-order valence-corrected chi connectivity index (χ3v) is 4.24. The van der Waals surface area contributed by atoms with Crippen molar-refractivity contribution in [3.8, 4) is 11.6 Å². The molecule has 1 fully saturated rings. The number of hydrogen-bond donors (Lipinski definition) is 2. The van der Waals surface area contributed by atoms with Gasteiger partial charge in [-0.25, -0.2) is 18.6 Å². The monoisotopic (exact) mass is 423 g/mol. The van der Waals surface area contributed by atoms with E-state index in [2.05, 4.69) is 15.3 Å². The Morgan fingerprint density at radius 3 is 2.38 bits per heavy atom. The molecule has 0 bridgehead atoms. The molecule has 1 aliphatic rings. The van der Waals surface area contributed by atoms with Gasteiger partial charge in [0, 0.05) is 5.69 Å². The van der Waals surface area contributed by atoms with E-state index in [0.717, 1.165) is 6.33 Å². The van der Waals surface area contributed by atoms with Crippen LogP contribution in [0.5, 0.6) is 11.6 Å². The van der Waals surface area contributed by atoms with E-state index in [1.165, 1.54) is 17.0 Å². The van der Waals surface area contributed by atoms with Crippen molar-refractivity contribution in [2.75, 3.05) is 23.3 Å². The largest absolute Gasteiger partial charge is 0.434 e. The Balaban J connectivity index is 1.87. The number of urea groups is 1. The van der Waals surface area contributed by atoms with Crippen LogP contribution < -0.4 is 20.7 Å². The Bertz CT molecular complexity index is 853. The molecule has 7 nitrogen and oxygen atoms in total. The average molecular weight is 425 g/mol. The number of nitrogens with one attached hydrogen (secondary N) is 1. The summed E-state index contributed by atoms with van der Waals surface area (Å²) in [7, 11) is 0. The van der Waals surface area contributed by atoms with Crippen molar-refractivity contribution in [1.29, 1.82) is 0 Å². The third kappa shape index (κ3) is 3.84. The van der Waals surface area contributed by atoms with Gasteiger partial charge in [0.2, 0.25) is 5.88 Å². The van der Waals surface area contributed by atoms with Crippen LogP contribution in [0, 0.1) is 0 Å². The Hall–Kier alpha value is -2.10. The van der Waals surface area contributed by atoms with Gasteiger partial charge in [0.25, 0.3) is 5.92 Å². The second-order valence-electron chi connectivity index (χ2n) is 5.39. The first-order valence-corrected chi connectivity index (χ1v) is 8.16. The van der Waals surface area contributed by atoms with E-state index in [9.17, 15) is 13.6 Å². The van der Waals surface area contributed by atoms with E-state index in [4.69, 9.17) is 45.3 Å². The summed E-state index contributed by atoms with van der Waals surface area (Å²) in [6, 6.07) is 1.93. The molecule has 2 aromatic rings. The predicted molar refractivity (Wildman–Crippen MR) is 93.9 cm³/mol. The number of alkyl halides is 2. The Labute approximate surface area is 161 Å². The van der Waals surface area contributed by atoms with Crippen molar-refractivity contribution in [2.24, 2.45) is 5.73 Å². The number of ether oxygens (including phenoxy) is 1. The number of halogens is 5. The zero-order chi connectivity index (χ0) is 19.1. The van der Waals surface area contributed by atoms with Crippen LogP contribution in [0.25, 0.3) is 0 Å². The zero-order valence-electron chi connectivity index (χ0n) is 12.8. The summed E-state index contributed by atoms with van der Waals surface area (Å²) in [5, 5.41) is 2.36. The molecule has 0 spiro atoms. The molecule has 2 amide bonds. The second-order valence-corrected chi connectivity index (χ2v) is 6.58. The quantitative estimate of drug-likeness (QED) is 0.768. The molecule has 3 N–H and O–H groups in total. The van der Waals surface area contributed by atoms with Crippen LogP contribution in [0.4, 0.5) is 25.1 Å². The van der Waals surface area contributed by atoms with Crippen LogP contribution in [0.1, 0.15) is 0 Å².